The van der Waals surface area contributed by atoms with Crippen molar-refractivity contribution in [1.82, 2.24) is 29.2 Å². The Labute approximate surface area is 238 Å². The zero-order valence-electron chi connectivity index (χ0n) is 22.5. The molecule has 0 bridgehead atoms. The molecular weight excluding hydrogens is 575 g/mol. The predicted molar refractivity (Wildman–Crippen MR) is 146 cm³/mol. The lowest BCUT2D eigenvalue weighted by atomic mass is 10.1. The first kappa shape index (κ1) is 29.5. The van der Waals surface area contributed by atoms with E-state index in [1.54, 1.807) is 0 Å². The van der Waals surface area contributed by atoms with Gasteiger partial charge in [0.25, 0.3) is 0 Å². The highest BCUT2D eigenvalue weighted by molar-refractivity contribution is 7.51. The summed E-state index contributed by atoms with van der Waals surface area (Å²) in [6.45, 7) is -0.629. The van der Waals surface area contributed by atoms with Crippen molar-refractivity contribution in [2.24, 2.45) is 7.05 Å². The second kappa shape index (κ2) is 12.1. The van der Waals surface area contributed by atoms with Gasteiger partial charge in [-0.2, -0.15) is 9.97 Å². The molecule has 1 aromatic carbocycles. The van der Waals surface area contributed by atoms with E-state index in [1.807, 2.05) is 30.3 Å². The Morgan fingerprint density at radius 2 is 1.93 bits per heavy atom. The molecule has 5 N–H and O–H groups in total. The first-order valence-corrected chi connectivity index (χ1v) is 14.2. The largest absolute Gasteiger partial charge is 0.479 e. The molecule has 1 saturated heterocycles. The zero-order valence-corrected chi connectivity index (χ0v) is 23.4. The summed E-state index contributed by atoms with van der Waals surface area (Å²) in [4.78, 5) is 23.0. The number of aliphatic hydroxyl groups is 2. The molecule has 5 atom stereocenters. The number of aliphatic hydroxyl groups excluding tert-OH is 2. The molecule has 4 aromatic rings. The number of rotatable bonds is 12. The summed E-state index contributed by atoms with van der Waals surface area (Å²) in [7, 11) is -1.22. The number of nitrogens with zero attached hydrogens (tertiary/aromatic N) is 6. The maximum atomic E-state index is 13.8. The van der Waals surface area contributed by atoms with Crippen LogP contribution in [0.1, 0.15) is 17.5 Å². The van der Waals surface area contributed by atoms with Gasteiger partial charge in [0.05, 0.1) is 27.1 Å². The molecule has 2 unspecified atom stereocenters. The Kier molecular flexibility index (Phi) is 8.51. The average Bonchev–Trinajstić information content (AvgIpc) is 3.65. The van der Waals surface area contributed by atoms with Gasteiger partial charge in [-0.15, -0.1) is 0 Å². The van der Waals surface area contributed by atoms with Crippen LogP contribution in [-0.4, -0.2) is 71.3 Å². The van der Waals surface area contributed by atoms with Crippen LogP contribution >= 0.6 is 7.75 Å². The number of nitrogens with one attached hydrogen (secondary N) is 1. The molecule has 3 aromatic heterocycles. The number of nitrogen functional groups attached to an aromatic ring is 1. The quantitative estimate of drug-likeness (QED) is 0.102. The van der Waals surface area contributed by atoms with Crippen LogP contribution in [0.15, 0.2) is 48.8 Å². The fourth-order valence-corrected chi connectivity index (χ4v) is 5.72. The van der Waals surface area contributed by atoms with E-state index in [-0.39, 0.29) is 42.0 Å². The van der Waals surface area contributed by atoms with Crippen LogP contribution in [0.2, 0.25) is 0 Å². The van der Waals surface area contributed by atoms with Crippen molar-refractivity contribution in [3.05, 3.63) is 70.2 Å². The summed E-state index contributed by atoms with van der Waals surface area (Å²) in [5.41, 5.74) is 7.41. The number of aromatic nitrogens is 5. The predicted octanol–water partition coefficient (Wildman–Crippen LogP) is 1.41. The smallest absolute Gasteiger partial charge is 0.406 e. The van der Waals surface area contributed by atoms with E-state index in [2.05, 4.69) is 20.0 Å². The topological polar surface area (TPSA) is 224 Å². The van der Waals surface area contributed by atoms with Gasteiger partial charge in [-0.1, -0.05) is 30.3 Å². The van der Waals surface area contributed by atoms with Gasteiger partial charge in [-0.3, -0.25) is 13.6 Å². The summed E-state index contributed by atoms with van der Waals surface area (Å²) < 4.78 is 38.9. The maximum Gasteiger partial charge on any atom is 0.406 e. The minimum atomic E-state index is -4.10. The van der Waals surface area contributed by atoms with Crippen LogP contribution < -0.4 is 15.6 Å². The molecule has 0 aliphatic carbocycles. The summed E-state index contributed by atoms with van der Waals surface area (Å²) >= 11 is 0. The summed E-state index contributed by atoms with van der Waals surface area (Å²) in [6, 6.07) is 11.9. The van der Waals surface area contributed by atoms with Gasteiger partial charge in [0.2, 0.25) is 11.8 Å². The van der Waals surface area contributed by atoms with Crippen molar-refractivity contribution >= 4 is 30.7 Å². The number of hydrogen-bond donors (Lipinski definition) is 4. The first-order valence-electron chi connectivity index (χ1n) is 12.6. The highest BCUT2D eigenvalue weighted by atomic mass is 31.2. The van der Waals surface area contributed by atoms with E-state index < -0.39 is 43.8 Å². The number of fused-ring (bicyclic) bond motifs is 1. The van der Waals surface area contributed by atoms with Gasteiger partial charge < -0.3 is 35.5 Å². The van der Waals surface area contributed by atoms with Crippen LogP contribution in [-0.2, 0) is 38.5 Å². The Morgan fingerprint density at radius 1 is 1.17 bits per heavy atom. The number of nitro groups is 1. The number of methoxy groups -OCH3 is 1. The van der Waals surface area contributed by atoms with Crippen molar-refractivity contribution in [1.29, 1.82) is 0 Å². The molecule has 17 nitrogen and oxygen atoms in total. The zero-order chi connectivity index (χ0) is 30.0. The molecule has 0 saturated carbocycles. The molecule has 18 heteroatoms. The minimum absolute atomic E-state index is 0.0971. The van der Waals surface area contributed by atoms with E-state index in [0.717, 1.165) is 5.56 Å². The van der Waals surface area contributed by atoms with Gasteiger partial charge in [0.15, 0.2) is 17.4 Å². The van der Waals surface area contributed by atoms with E-state index in [0.29, 0.717) is 5.69 Å². The number of ether oxygens (including phenoxy) is 2. The van der Waals surface area contributed by atoms with Crippen molar-refractivity contribution in [3.63, 3.8) is 0 Å². The molecule has 1 aliphatic rings. The van der Waals surface area contributed by atoms with Gasteiger partial charge in [-0.05, 0) is 16.6 Å². The Hall–Kier alpha value is -3.96. The molecule has 1 fully saturated rings. The fourth-order valence-electron chi connectivity index (χ4n) is 4.44. The number of hydrogen-bond acceptors (Lipinski definition) is 13. The molecule has 42 heavy (non-hydrogen) atoms. The summed E-state index contributed by atoms with van der Waals surface area (Å²) in [5, 5.41) is 35.6. The molecule has 224 valence electrons. The Balaban J connectivity index is 1.32. The number of nitrogens with two attached hydrogens (primary N) is 1. The third-order valence-corrected chi connectivity index (χ3v) is 8.21. The standard InChI is InChI=1S/C24H29N8O9P/c1-30-15(8-9-17(30)32(35)36)11-39-42(37,27-10-14-6-4-3-5-7-14)40-12-16-19(33)20(34)23(41-16)31-13-26-18-21(31)28-24(25)29-22(18)38-2/h3-9,13,16,19-20,23,33-34H,10-12H2,1-2H3,(H,27,37)(H2,25,28,29)/t16-,19?,20-,23-,42?/m1/s1. The molecule has 0 spiro atoms. The maximum absolute atomic E-state index is 13.8. The third kappa shape index (κ3) is 5.98. The Bertz CT molecular complexity index is 1610. The van der Waals surface area contributed by atoms with Crippen molar-refractivity contribution < 1.29 is 38.2 Å². The molecule has 5 rings (SSSR count). The van der Waals surface area contributed by atoms with E-state index in [4.69, 9.17) is 24.3 Å². The van der Waals surface area contributed by atoms with E-state index in [9.17, 15) is 24.9 Å². The van der Waals surface area contributed by atoms with Crippen LogP contribution in [0.5, 0.6) is 5.88 Å². The molecule has 0 amide bonds. The number of anilines is 1. The second-order valence-corrected chi connectivity index (χ2v) is 11.2. The van der Waals surface area contributed by atoms with Crippen LogP contribution in [0, 0.1) is 10.1 Å². The third-order valence-electron chi connectivity index (χ3n) is 6.71. The van der Waals surface area contributed by atoms with Gasteiger partial charge in [0.1, 0.15) is 30.6 Å². The molecular formula is C24H29N8O9P. The van der Waals surface area contributed by atoms with Crippen LogP contribution in [0.3, 0.4) is 0 Å². The number of imidazole rings is 1. The average molecular weight is 605 g/mol. The molecule has 4 heterocycles. The first-order chi connectivity index (χ1) is 20.1. The molecule has 1 aliphatic heterocycles. The highest BCUT2D eigenvalue weighted by Crippen LogP contribution is 2.46. The lowest BCUT2D eigenvalue weighted by Gasteiger charge is -2.22. The van der Waals surface area contributed by atoms with Crippen molar-refractivity contribution in [3.8, 4) is 5.88 Å². The normalized spacial score (nSPS) is 21.9. The minimum Gasteiger partial charge on any atom is -0.479 e. The summed E-state index contributed by atoms with van der Waals surface area (Å²) in [6.07, 6.45) is -3.86. The number of benzene rings is 1. The van der Waals surface area contributed by atoms with Crippen molar-refractivity contribution in [2.75, 3.05) is 19.5 Å². The van der Waals surface area contributed by atoms with Crippen molar-refractivity contribution in [2.45, 2.75) is 37.7 Å². The monoisotopic (exact) mass is 604 g/mol. The van der Waals surface area contributed by atoms with E-state index >= 15 is 0 Å². The molecule has 0 radical (unpaired) electrons. The van der Waals surface area contributed by atoms with Crippen LogP contribution in [0.4, 0.5) is 11.8 Å². The second-order valence-electron chi connectivity index (χ2n) is 9.35. The lowest BCUT2D eigenvalue weighted by Crippen LogP contribution is -2.34. The lowest BCUT2D eigenvalue weighted by molar-refractivity contribution is -0.391. The van der Waals surface area contributed by atoms with Crippen LogP contribution in [0.25, 0.3) is 11.2 Å². The SMILES string of the molecule is COc1nc(N)nc2c1ncn2[C@@H]1O[C@H](COP(=O)(NCc2ccccc2)OCc2ccc([N+](=O)[O-])n2C)C(O)[C@H]1O. The van der Waals surface area contributed by atoms with E-state index in [1.165, 1.54) is 41.8 Å². The van der Waals surface area contributed by atoms with Gasteiger partial charge in [-0.25, -0.2) is 19.2 Å². The fraction of sp³-hybridized carbons (Fsp3) is 0.375. The highest BCUT2D eigenvalue weighted by Gasteiger charge is 2.45. The van der Waals surface area contributed by atoms with Gasteiger partial charge >= 0.3 is 13.6 Å². The van der Waals surface area contributed by atoms with Gasteiger partial charge in [0, 0.05) is 12.6 Å². The summed E-state index contributed by atoms with van der Waals surface area (Å²) in [5.74, 6) is -0.142. The Morgan fingerprint density at radius 3 is 2.62 bits per heavy atom.